The number of aromatic nitrogens is 2. The van der Waals surface area contributed by atoms with E-state index in [1.807, 2.05) is 6.07 Å². The Morgan fingerprint density at radius 1 is 1.15 bits per heavy atom. The number of nitrogens with one attached hydrogen (secondary N) is 1. The summed E-state index contributed by atoms with van der Waals surface area (Å²) >= 11 is 5.84. The Morgan fingerprint density at radius 2 is 1.92 bits per heavy atom. The van der Waals surface area contributed by atoms with E-state index in [2.05, 4.69) is 21.0 Å². The number of piperidine rings is 1. The van der Waals surface area contributed by atoms with Crippen molar-refractivity contribution >= 4 is 11.6 Å². The second kappa shape index (κ2) is 8.07. The fraction of sp³-hybridized carbons (Fsp3) is 0.550. The van der Waals surface area contributed by atoms with Crippen molar-refractivity contribution in [2.45, 2.75) is 38.1 Å². The third-order valence-electron chi connectivity index (χ3n) is 5.58. The first-order valence-electron chi connectivity index (χ1n) is 9.66. The maximum absolute atomic E-state index is 13.9. The number of nitrogens with zero attached hydrogens (tertiary/aromatic N) is 3. The van der Waals surface area contributed by atoms with Crippen LogP contribution in [0.4, 0.5) is 4.39 Å². The van der Waals surface area contributed by atoms with E-state index in [4.69, 9.17) is 16.6 Å². The Morgan fingerprint density at radius 3 is 2.65 bits per heavy atom. The van der Waals surface area contributed by atoms with Gasteiger partial charge < -0.3 is 14.8 Å². The third-order valence-corrected chi connectivity index (χ3v) is 5.89. The van der Waals surface area contributed by atoms with Gasteiger partial charge in [-0.25, -0.2) is 9.37 Å². The summed E-state index contributed by atoms with van der Waals surface area (Å²) in [5, 5.41) is 3.58. The number of hydrogen-bond acceptors (Lipinski definition) is 3. The van der Waals surface area contributed by atoms with Crippen molar-refractivity contribution in [3.05, 3.63) is 41.1 Å². The minimum absolute atomic E-state index is 0.154. The summed E-state index contributed by atoms with van der Waals surface area (Å²) in [6.07, 6.45) is 6.92. The van der Waals surface area contributed by atoms with E-state index < -0.39 is 0 Å². The van der Waals surface area contributed by atoms with Crippen molar-refractivity contribution < 1.29 is 4.39 Å². The van der Waals surface area contributed by atoms with Crippen molar-refractivity contribution in [3.63, 3.8) is 0 Å². The first-order valence-corrected chi connectivity index (χ1v) is 10.0. The lowest BCUT2D eigenvalue weighted by molar-refractivity contribution is 0.316. The van der Waals surface area contributed by atoms with Crippen LogP contribution in [0.2, 0.25) is 5.02 Å². The molecule has 0 amide bonds. The summed E-state index contributed by atoms with van der Waals surface area (Å²) in [6, 6.07) is 4.95. The summed E-state index contributed by atoms with van der Waals surface area (Å²) in [4.78, 5) is 7.45. The van der Waals surface area contributed by atoms with E-state index in [0.29, 0.717) is 5.92 Å². The Hall–Kier alpha value is -1.43. The quantitative estimate of drug-likeness (QED) is 0.859. The van der Waals surface area contributed by atoms with E-state index in [0.717, 1.165) is 56.1 Å². The van der Waals surface area contributed by atoms with Gasteiger partial charge in [-0.2, -0.15) is 0 Å². The Labute approximate surface area is 159 Å². The predicted octanol–water partition coefficient (Wildman–Crippen LogP) is 3.91. The molecule has 26 heavy (non-hydrogen) atoms. The van der Waals surface area contributed by atoms with Gasteiger partial charge in [-0.05, 0) is 64.0 Å². The van der Waals surface area contributed by atoms with Crippen LogP contribution in [0.15, 0.2) is 24.4 Å². The number of benzene rings is 1. The number of imidazole rings is 1. The van der Waals surface area contributed by atoms with Crippen LogP contribution in [0.5, 0.6) is 0 Å². The molecule has 0 atom stereocenters. The van der Waals surface area contributed by atoms with E-state index in [-0.39, 0.29) is 10.8 Å². The predicted molar refractivity (Wildman–Crippen MR) is 103 cm³/mol. The van der Waals surface area contributed by atoms with Gasteiger partial charge in [0.1, 0.15) is 11.6 Å². The highest BCUT2D eigenvalue weighted by Gasteiger charge is 2.22. The number of halogens is 2. The van der Waals surface area contributed by atoms with Crippen molar-refractivity contribution in [3.8, 4) is 11.3 Å². The molecule has 2 aromatic rings. The zero-order chi connectivity index (χ0) is 17.9. The first kappa shape index (κ1) is 18.0. The van der Waals surface area contributed by atoms with Gasteiger partial charge in [-0.1, -0.05) is 17.7 Å². The molecule has 4 nitrogen and oxygen atoms in total. The molecule has 0 bridgehead atoms. The molecule has 4 rings (SSSR count). The highest BCUT2D eigenvalue weighted by Crippen LogP contribution is 2.29. The van der Waals surface area contributed by atoms with Crippen molar-refractivity contribution in [2.75, 3.05) is 32.7 Å². The standard InChI is InChI=1S/C20H26ClFN4/c21-17-4-3-16(13-18(17)22)19-14-26(12-11-25-9-1-2-10-25)20(24-19)15-5-7-23-8-6-15/h3-4,13-15,23H,1-2,5-12H2. The van der Waals surface area contributed by atoms with Crippen LogP contribution in [0.25, 0.3) is 11.3 Å². The molecule has 0 radical (unpaired) electrons. The number of rotatable bonds is 5. The molecular formula is C20H26ClFN4. The van der Waals surface area contributed by atoms with Gasteiger partial charge in [0.15, 0.2) is 0 Å². The van der Waals surface area contributed by atoms with Crippen LogP contribution >= 0.6 is 11.6 Å². The van der Waals surface area contributed by atoms with Gasteiger partial charge >= 0.3 is 0 Å². The van der Waals surface area contributed by atoms with Gasteiger partial charge in [0.25, 0.3) is 0 Å². The van der Waals surface area contributed by atoms with E-state index >= 15 is 0 Å². The van der Waals surface area contributed by atoms with Crippen LogP contribution in [-0.4, -0.2) is 47.2 Å². The SMILES string of the molecule is Fc1cc(-c2cn(CCN3CCCC3)c(C3CCNCC3)n2)ccc1Cl. The Bertz CT molecular complexity index is 748. The maximum atomic E-state index is 13.9. The molecule has 2 saturated heterocycles. The largest absolute Gasteiger partial charge is 0.333 e. The van der Waals surface area contributed by atoms with Gasteiger partial charge in [0.2, 0.25) is 0 Å². The molecule has 0 aliphatic carbocycles. The van der Waals surface area contributed by atoms with Gasteiger partial charge in [-0.15, -0.1) is 0 Å². The lowest BCUT2D eigenvalue weighted by Crippen LogP contribution is -2.29. The first-order chi connectivity index (χ1) is 12.7. The summed E-state index contributed by atoms with van der Waals surface area (Å²) < 4.78 is 16.2. The lowest BCUT2D eigenvalue weighted by Gasteiger charge is -2.24. The van der Waals surface area contributed by atoms with Gasteiger partial charge in [0.05, 0.1) is 10.7 Å². The van der Waals surface area contributed by atoms with Crippen molar-refractivity contribution in [2.24, 2.45) is 0 Å². The van der Waals surface area contributed by atoms with E-state index in [1.54, 1.807) is 6.07 Å². The van der Waals surface area contributed by atoms with Crippen LogP contribution in [-0.2, 0) is 6.54 Å². The molecule has 0 unspecified atom stereocenters. The fourth-order valence-corrected chi connectivity index (χ4v) is 4.18. The summed E-state index contributed by atoms with van der Waals surface area (Å²) in [5.74, 6) is 1.23. The number of likely N-dealkylation sites (tertiary alicyclic amines) is 1. The molecule has 140 valence electrons. The molecule has 1 aromatic heterocycles. The summed E-state index contributed by atoms with van der Waals surface area (Å²) in [7, 11) is 0. The van der Waals surface area contributed by atoms with E-state index in [9.17, 15) is 4.39 Å². The van der Waals surface area contributed by atoms with Crippen molar-refractivity contribution in [1.29, 1.82) is 0 Å². The minimum Gasteiger partial charge on any atom is -0.333 e. The highest BCUT2D eigenvalue weighted by molar-refractivity contribution is 6.30. The Balaban J connectivity index is 1.60. The van der Waals surface area contributed by atoms with Crippen molar-refractivity contribution in [1.82, 2.24) is 19.8 Å². The molecule has 0 saturated carbocycles. The fourth-order valence-electron chi connectivity index (χ4n) is 4.07. The van der Waals surface area contributed by atoms with E-state index in [1.165, 1.54) is 32.0 Å². The van der Waals surface area contributed by atoms with Crippen LogP contribution in [0, 0.1) is 5.82 Å². The molecule has 3 heterocycles. The van der Waals surface area contributed by atoms with Crippen LogP contribution < -0.4 is 5.32 Å². The molecule has 1 N–H and O–H groups in total. The topological polar surface area (TPSA) is 33.1 Å². The van der Waals surface area contributed by atoms with Gasteiger partial charge in [-0.3, -0.25) is 0 Å². The summed E-state index contributed by atoms with van der Waals surface area (Å²) in [5.41, 5.74) is 1.64. The molecule has 2 fully saturated rings. The zero-order valence-corrected chi connectivity index (χ0v) is 15.8. The molecule has 2 aliphatic heterocycles. The molecule has 1 aromatic carbocycles. The normalized spacial score (nSPS) is 19.3. The van der Waals surface area contributed by atoms with Crippen LogP contribution in [0.1, 0.15) is 37.4 Å². The highest BCUT2D eigenvalue weighted by atomic mass is 35.5. The molecule has 2 aliphatic rings. The second-order valence-electron chi connectivity index (χ2n) is 7.38. The second-order valence-corrected chi connectivity index (χ2v) is 7.79. The monoisotopic (exact) mass is 376 g/mol. The molecule has 6 heteroatoms. The summed E-state index contributed by atoms with van der Waals surface area (Å²) in [6.45, 7) is 6.48. The minimum atomic E-state index is -0.390. The van der Waals surface area contributed by atoms with Gasteiger partial charge in [0, 0.05) is 30.8 Å². The van der Waals surface area contributed by atoms with Crippen LogP contribution in [0.3, 0.4) is 0 Å². The molecular weight excluding hydrogens is 351 g/mol. The third kappa shape index (κ3) is 3.95. The average Bonchev–Trinajstić information content (AvgIpc) is 3.32. The lowest BCUT2D eigenvalue weighted by atomic mass is 9.97. The maximum Gasteiger partial charge on any atom is 0.142 e. The number of hydrogen-bond donors (Lipinski definition) is 1. The smallest absolute Gasteiger partial charge is 0.142 e. The molecule has 0 spiro atoms. The average molecular weight is 377 g/mol. The zero-order valence-electron chi connectivity index (χ0n) is 15.1. The Kier molecular flexibility index (Phi) is 5.57.